The third-order valence-corrected chi connectivity index (χ3v) is 1.37. The van der Waals surface area contributed by atoms with Crippen LogP contribution in [0.5, 0.6) is 5.75 Å². The molecule has 0 bridgehead atoms. The first-order valence-corrected chi connectivity index (χ1v) is 3.69. The average molecular weight is 153 g/mol. The highest BCUT2D eigenvalue weighted by Gasteiger charge is 1.92. The van der Waals surface area contributed by atoms with Crippen molar-refractivity contribution >= 4 is 0 Å². The summed E-state index contributed by atoms with van der Waals surface area (Å²) in [5.41, 5.74) is 5.51. The zero-order valence-electron chi connectivity index (χ0n) is 7.04. The largest absolute Gasteiger partial charge is 0.508 e. The molecular weight excluding hydrogens is 138 g/mol. The van der Waals surface area contributed by atoms with Crippen LogP contribution in [0.4, 0.5) is 0 Å². The lowest BCUT2D eigenvalue weighted by molar-refractivity contribution is 0.469. The molecule has 0 fully saturated rings. The van der Waals surface area contributed by atoms with E-state index in [1.165, 1.54) is 7.05 Å². The van der Waals surface area contributed by atoms with Crippen LogP contribution in [-0.4, -0.2) is 12.2 Å². The van der Waals surface area contributed by atoms with Crippen molar-refractivity contribution in [3.8, 4) is 5.75 Å². The number of benzene rings is 1. The van der Waals surface area contributed by atoms with Crippen LogP contribution >= 0.6 is 0 Å². The van der Waals surface area contributed by atoms with E-state index < -0.39 is 0 Å². The molecule has 0 aliphatic rings. The van der Waals surface area contributed by atoms with Crippen LogP contribution in [0, 0.1) is 0 Å². The van der Waals surface area contributed by atoms with Crippen LogP contribution in [0.3, 0.4) is 0 Å². The average Bonchev–Trinajstić information content (AvgIpc) is 2.09. The van der Waals surface area contributed by atoms with Crippen LogP contribution < -0.4 is 5.73 Å². The van der Waals surface area contributed by atoms with E-state index in [0.29, 0.717) is 5.75 Å². The van der Waals surface area contributed by atoms with E-state index in [-0.39, 0.29) is 0 Å². The van der Waals surface area contributed by atoms with Gasteiger partial charge >= 0.3 is 0 Å². The minimum absolute atomic E-state index is 0.403. The molecule has 3 N–H and O–H groups in total. The topological polar surface area (TPSA) is 46.2 Å². The van der Waals surface area contributed by atoms with Crippen LogP contribution in [0.15, 0.2) is 24.3 Å². The molecule has 0 amide bonds. The van der Waals surface area contributed by atoms with Crippen molar-refractivity contribution in [3.63, 3.8) is 0 Å². The Morgan fingerprint density at radius 3 is 2.18 bits per heavy atom. The lowest BCUT2D eigenvalue weighted by Crippen LogP contribution is -1.77. The van der Waals surface area contributed by atoms with Gasteiger partial charge in [-0.1, -0.05) is 25.1 Å². The molecule has 0 aliphatic carbocycles. The Morgan fingerprint density at radius 1 is 1.27 bits per heavy atom. The highest BCUT2D eigenvalue weighted by molar-refractivity contribution is 5.31. The molecule has 2 nitrogen and oxygen atoms in total. The summed E-state index contributed by atoms with van der Waals surface area (Å²) < 4.78 is 0. The Bertz CT molecular complexity index is 199. The first kappa shape index (κ1) is 9.98. The van der Waals surface area contributed by atoms with Gasteiger partial charge in [-0.3, -0.25) is 0 Å². The van der Waals surface area contributed by atoms with E-state index >= 15 is 0 Å². The molecule has 11 heavy (non-hydrogen) atoms. The number of aryl methyl sites for hydroxylation is 1. The van der Waals surface area contributed by atoms with Gasteiger partial charge in [0.2, 0.25) is 0 Å². The van der Waals surface area contributed by atoms with E-state index in [1.54, 1.807) is 6.07 Å². The van der Waals surface area contributed by atoms with Gasteiger partial charge in [0, 0.05) is 0 Å². The number of hydrogen-bond donors (Lipinski definition) is 2. The van der Waals surface area contributed by atoms with E-state index in [9.17, 15) is 0 Å². The summed E-state index contributed by atoms with van der Waals surface area (Å²) in [4.78, 5) is 0. The molecule has 0 aromatic heterocycles. The van der Waals surface area contributed by atoms with Crippen LogP contribution in [-0.2, 0) is 6.42 Å². The third kappa shape index (κ3) is 3.05. The second-order valence-electron chi connectivity index (χ2n) is 1.98. The first-order valence-electron chi connectivity index (χ1n) is 3.69. The van der Waals surface area contributed by atoms with E-state index in [2.05, 4.69) is 5.73 Å². The van der Waals surface area contributed by atoms with Crippen LogP contribution in [0.2, 0.25) is 0 Å². The SMILES string of the molecule is CCc1ccccc1O.CN. The van der Waals surface area contributed by atoms with E-state index in [0.717, 1.165) is 12.0 Å². The van der Waals surface area contributed by atoms with Gasteiger partial charge in [-0.25, -0.2) is 0 Å². The van der Waals surface area contributed by atoms with Crippen molar-refractivity contribution in [2.45, 2.75) is 13.3 Å². The Morgan fingerprint density at radius 2 is 1.82 bits per heavy atom. The first-order chi connectivity index (χ1) is 5.34. The van der Waals surface area contributed by atoms with Crippen molar-refractivity contribution in [1.29, 1.82) is 0 Å². The molecule has 2 heteroatoms. The quantitative estimate of drug-likeness (QED) is 0.642. The van der Waals surface area contributed by atoms with Gasteiger partial charge in [-0.2, -0.15) is 0 Å². The Balaban J connectivity index is 0.000000461. The molecule has 0 atom stereocenters. The lowest BCUT2D eigenvalue weighted by atomic mass is 10.1. The molecule has 1 aromatic carbocycles. The second-order valence-corrected chi connectivity index (χ2v) is 1.98. The minimum atomic E-state index is 0.403. The van der Waals surface area contributed by atoms with E-state index in [1.807, 2.05) is 25.1 Å². The number of nitrogens with two attached hydrogens (primary N) is 1. The monoisotopic (exact) mass is 153 g/mol. The minimum Gasteiger partial charge on any atom is -0.508 e. The summed E-state index contributed by atoms with van der Waals surface area (Å²) in [5, 5.41) is 9.11. The standard InChI is InChI=1S/C8H10O.CH5N/c1-2-7-5-3-4-6-8(7)9;1-2/h3-6,9H,2H2,1H3;2H2,1H3. The van der Waals surface area contributed by atoms with Gasteiger partial charge in [-0.05, 0) is 25.1 Å². The van der Waals surface area contributed by atoms with Gasteiger partial charge in [0.05, 0.1) is 0 Å². The maximum absolute atomic E-state index is 9.11. The molecule has 0 unspecified atom stereocenters. The lowest BCUT2D eigenvalue weighted by Gasteiger charge is -1.97. The third-order valence-electron chi connectivity index (χ3n) is 1.37. The Labute approximate surface area is 67.7 Å². The summed E-state index contributed by atoms with van der Waals surface area (Å²) in [6.45, 7) is 2.02. The van der Waals surface area contributed by atoms with Gasteiger partial charge in [0.1, 0.15) is 5.75 Å². The summed E-state index contributed by atoms with van der Waals surface area (Å²) in [5.74, 6) is 0.403. The Kier molecular flexibility index (Phi) is 5.21. The number of aromatic hydroxyl groups is 1. The number of hydrogen-bond acceptors (Lipinski definition) is 2. The van der Waals surface area contributed by atoms with Crippen LogP contribution in [0.25, 0.3) is 0 Å². The molecule has 0 saturated heterocycles. The summed E-state index contributed by atoms with van der Waals surface area (Å²) in [7, 11) is 1.50. The van der Waals surface area contributed by atoms with Crippen molar-refractivity contribution < 1.29 is 5.11 Å². The number of rotatable bonds is 1. The van der Waals surface area contributed by atoms with Crippen molar-refractivity contribution in [2.75, 3.05) is 7.05 Å². The van der Waals surface area contributed by atoms with Gasteiger partial charge in [0.15, 0.2) is 0 Å². The fourth-order valence-corrected chi connectivity index (χ4v) is 0.810. The fourth-order valence-electron chi connectivity index (χ4n) is 0.810. The normalized spacial score (nSPS) is 8.27. The molecule has 0 heterocycles. The molecule has 0 saturated carbocycles. The molecule has 1 aromatic rings. The van der Waals surface area contributed by atoms with E-state index in [4.69, 9.17) is 5.11 Å². The predicted octanol–water partition coefficient (Wildman–Crippen LogP) is 1.53. The highest BCUT2D eigenvalue weighted by atomic mass is 16.3. The summed E-state index contributed by atoms with van der Waals surface area (Å²) >= 11 is 0. The maximum atomic E-state index is 9.11. The zero-order valence-corrected chi connectivity index (χ0v) is 7.04. The van der Waals surface area contributed by atoms with Gasteiger partial charge in [-0.15, -0.1) is 0 Å². The Hall–Kier alpha value is -1.02. The molecule has 62 valence electrons. The van der Waals surface area contributed by atoms with Crippen LogP contribution in [0.1, 0.15) is 12.5 Å². The number of phenolic OH excluding ortho intramolecular Hbond substituents is 1. The van der Waals surface area contributed by atoms with Gasteiger partial charge < -0.3 is 10.8 Å². The molecule has 0 spiro atoms. The highest BCUT2D eigenvalue weighted by Crippen LogP contribution is 2.14. The predicted molar refractivity (Wildman–Crippen MR) is 47.6 cm³/mol. The summed E-state index contributed by atoms with van der Waals surface area (Å²) in [6, 6.07) is 7.39. The van der Waals surface area contributed by atoms with Crippen molar-refractivity contribution in [2.24, 2.45) is 5.73 Å². The number of para-hydroxylation sites is 1. The summed E-state index contributed by atoms with van der Waals surface area (Å²) in [6.07, 6.45) is 0.896. The maximum Gasteiger partial charge on any atom is 0.118 e. The molecule has 0 aliphatic heterocycles. The molecular formula is C9H15NO. The second kappa shape index (κ2) is 5.74. The molecule has 1 rings (SSSR count). The van der Waals surface area contributed by atoms with Gasteiger partial charge in [0.25, 0.3) is 0 Å². The zero-order chi connectivity index (χ0) is 8.69. The smallest absolute Gasteiger partial charge is 0.118 e. The number of phenols is 1. The molecule has 0 radical (unpaired) electrons. The van der Waals surface area contributed by atoms with Crippen molar-refractivity contribution in [1.82, 2.24) is 0 Å². The van der Waals surface area contributed by atoms with Crippen molar-refractivity contribution in [3.05, 3.63) is 29.8 Å². The fraction of sp³-hybridized carbons (Fsp3) is 0.333.